The molecule has 1 aromatic carbocycles. The Hall–Kier alpha value is -2.42. The highest BCUT2D eigenvalue weighted by Gasteiger charge is 2.16. The zero-order valence-electron chi connectivity index (χ0n) is 10.7. The van der Waals surface area contributed by atoms with E-state index in [9.17, 15) is 0 Å². The van der Waals surface area contributed by atoms with E-state index in [1.165, 1.54) is 0 Å². The van der Waals surface area contributed by atoms with Crippen molar-refractivity contribution in [3.8, 4) is 0 Å². The summed E-state index contributed by atoms with van der Waals surface area (Å²) in [6.07, 6.45) is 4.30. The van der Waals surface area contributed by atoms with Crippen molar-refractivity contribution in [1.29, 1.82) is 0 Å². The fraction of sp³-hybridized carbons (Fsp3) is 0.125. The standard InChI is InChI=1S/C16H14N2O/c1-19-14-10-13-8-5-9-17-16(13)15(18-11-14)12-6-3-2-4-7-12/h2-9,11H,10H2,1H3. The topological polar surface area (TPSA) is 34.5 Å². The molecule has 0 saturated heterocycles. The van der Waals surface area contributed by atoms with E-state index in [0.717, 1.165) is 34.7 Å². The average Bonchev–Trinajstić information content (AvgIpc) is 2.67. The van der Waals surface area contributed by atoms with Gasteiger partial charge in [-0.1, -0.05) is 36.4 Å². The number of pyridine rings is 1. The summed E-state index contributed by atoms with van der Waals surface area (Å²) in [6.45, 7) is 0. The van der Waals surface area contributed by atoms with E-state index in [1.54, 1.807) is 19.5 Å². The molecule has 3 heteroatoms. The molecule has 0 unspecified atom stereocenters. The molecule has 3 rings (SSSR count). The second-order valence-corrected chi connectivity index (χ2v) is 4.33. The van der Waals surface area contributed by atoms with Crippen LogP contribution in [0.2, 0.25) is 0 Å². The zero-order valence-corrected chi connectivity index (χ0v) is 10.7. The molecule has 94 valence electrons. The quantitative estimate of drug-likeness (QED) is 0.821. The van der Waals surface area contributed by atoms with Crippen molar-refractivity contribution in [2.45, 2.75) is 6.42 Å². The van der Waals surface area contributed by atoms with Crippen LogP contribution in [0.5, 0.6) is 0 Å². The minimum atomic E-state index is 0.722. The first-order valence-corrected chi connectivity index (χ1v) is 6.19. The lowest BCUT2D eigenvalue weighted by atomic mass is 10.0. The van der Waals surface area contributed by atoms with Gasteiger partial charge in [0, 0.05) is 18.2 Å². The van der Waals surface area contributed by atoms with E-state index < -0.39 is 0 Å². The third-order valence-corrected chi connectivity index (χ3v) is 3.13. The molecule has 0 N–H and O–H groups in total. The van der Waals surface area contributed by atoms with E-state index in [-0.39, 0.29) is 0 Å². The minimum Gasteiger partial charge on any atom is -0.499 e. The number of allylic oxidation sites excluding steroid dienone is 1. The first kappa shape index (κ1) is 11.7. The molecule has 19 heavy (non-hydrogen) atoms. The van der Waals surface area contributed by atoms with E-state index in [2.05, 4.69) is 16.0 Å². The number of nitrogens with zero attached hydrogens (tertiary/aromatic N) is 2. The molecular weight excluding hydrogens is 236 g/mol. The maximum Gasteiger partial charge on any atom is 0.118 e. The second kappa shape index (κ2) is 5.06. The van der Waals surface area contributed by atoms with Gasteiger partial charge in [0.1, 0.15) is 5.76 Å². The van der Waals surface area contributed by atoms with Gasteiger partial charge in [0.25, 0.3) is 0 Å². The van der Waals surface area contributed by atoms with Crippen molar-refractivity contribution < 1.29 is 4.74 Å². The highest BCUT2D eigenvalue weighted by atomic mass is 16.5. The molecule has 1 aliphatic heterocycles. The van der Waals surface area contributed by atoms with Crippen molar-refractivity contribution in [2.24, 2.45) is 4.99 Å². The minimum absolute atomic E-state index is 0.722. The largest absolute Gasteiger partial charge is 0.499 e. The summed E-state index contributed by atoms with van der Waals surface area (Å²) in [4.78, 5) is 9.04. The Balaban J connectivity index is 2.17. The number of rotatable bonds is 2. The molecule has 0 saturated carbocycles. The van der Waals surface area contributed by atoms with Crippen LogP contribution in [0, 0.1) is 0 Å². The third-order valence-electron chi connectivity index (χ3n) is 3.13. The number of ether oxygens (including phenoxy) is 1. The van der Waals surface area contributed by atoms with E-state index in [0.29, 0.717) is 0 Å². The monoisotopic (exact) mass is 250 g/mol. The normalized spacial score (nSPS) is 13.9. The van der Waals surface area contributed by atoms with Gasteiger partial charge in [0.2, 0.25) is 0 Å². The maximum atomic E-state index is 5.34. The number of benzene rings is 1. The molecule has 0 atom stereocenters. The van der Waals surface area contributed by atoms with Crippen molar-refractivity contribution in [3.63, 3.8) is 0 Å². The number of methoxy groups -OCH3 is 1. The Morgan fingerprint density at radius 3 is 2.68 bits per heavy atom. The summed E-state index contributed by atoms with van der Waals surface area (Å²) in [5, 5.41) is 0. The molecule has 0 amide bonds. The molecule has 0 radical (unpaired) electrons. The highest BCUT2D eigenvalue weighted by Crippen LogP contribution is 2.20. The first-order valence-electron chi connectivity index (χ1n) is 6.19. The van der Waals surface area contributed by atoms with Gasteiger partial charge < -0.3 is 4.74 Å². The molecule has 0 bridgehead atoms. The van der Waals surface area contributed by atoms with Gasteiger partial charge >= 0.3 is 0 Å². The Labute approximate surface area is 112 Å². The van der Waals surface area contributed by atoms with Crippen LogP contribution in [0.15, 0.2) is 65.6 Å². The fourth-order valence-corrected chi connectivity index (χ4v) is 2.16. The lowest BCUT2D eigenvalue weighted by molar-refractivity contribution is 0.282. The van der Waals surface area contributed by atoms with Crippen molar-refractivity contribution >= 4 is 5.71 Å². The van der Waals surface area contributed by atoms with Gasteiger partial charge in [-0.2, -0.15) is 0 Å². The number of aliphatic imine (C=N–C) groups is 1. The molecule has 0 spiro atoms. The fourth-order valence-electron chi connectivity index (χ4n) is 2.16. The Kier molecular flexibility index (Phi) is 3.11. The molecular formula is C16H14N2O. The summed E-state index contributed by atoms with van der Waals surface area (Å²) >= 11 is 0. The lowest BCUT2D eigenvalue weighted by Gasteiger charge is -2.08. The van der Waals surface area contributed by atoms with E-state index in [1.807, 2.05) is 36.4 Å². The van der Waals surface area contributed by atoms with E-state index >= 15 is 0 Å². The van der Waals surface area contributed by atoms with Crippen LogP contribution < -0.4 is 0 Å². The van der Waals surface area contributed by atoms with Gasteiger partial charge in [-0.25, -0.2) is 0 Å². The molecule has 1 aliphatic rings. The first-order chi connectivity index (χ1) is 9.38. The Morgan fingerprint density at radius 2 is 1.89 bits per heavy atom. The van der Waals surface area contributed by atoms with Crippen LogP contribution in [0.1, 0.15) is 16.8 Å². The lowest BCUT2D eigenvalue weighted by Crippen LogP contribution is -2.08. The number of hydrogen-bond donors (Lipinski definition) is 0. The van der Waals surface area contributed by atoms with Crippen LogP contribution >= 0.6 is 0 Å². The average molecular weight is 250 g/mol. The molecule has 3 nitrogen and oxygen atoms in total. The van der Waals surface area contributed by atoms with Crippen molar-refractivity contribution in [2.75, 3.05) is 7.11 Å². The van der Waals surface area contributed by atoms with Gasteiger partial charge in [0.15, 0.2) is 0 Å². The van der Waals surface area contributed by atoms with Gasteiger partial charge in [-0.3, -0.25) is 9.98 Å². The smallest absolute Gasteiger partial charge is 0.118 e. The number of fused-ring (bicyclic) bond motifs is 1. The highest BCUT2D eigenvalue weighted by molar-refractivity contribution is 6.13. The van der Waals surface area contributed by atoms with Crippen LogP contribution in [0.3, 0.4) is 0 Å². The van der Waals surface area contributed by atoms with Gasteiger partial charge in [0.05, 0.1) is 24.7 Å². The SMILES string of the molecule is COC1=CN=C(c2ccccc2)c2ncccc2C1. The maximum absolute atomic E-state index is 5.34. The summed E-state index contributed by atoms with van der Waals surface area (Å²) in [5.74, 6) is 0.847. The van der Waals surface area contributed by atoms with E-state index in [4.69, 9.17) is 4.74 Å². The third kappa shape index (κ3) is 2.27. The predicted molar refractivity (Wildman–Crippen MR) is 75.1 cm³/mol. The number of hydrogen-bond acceptors (Lipinski definition) is 3. The van der Waals surface area contributed by atoms with Crippen molar-refractivity contribution in [1.82, 2.24) is 4.98 Å². The zero-order chi connectivity index (χ0) is 13.1. The molecule has 0 fully saturated rings. The molecule has 2 heterocycles. The molecule has 2 aromatic rings. The Bertz CT molecular complexity index is 645. The van der Waals surface area contributed by atoms with Gasteiger partial charge in [-0.05, 0) is 11.6 Å². The second-order valence-electron chi connectivity index (χ2n) is 4.33. The van der Waals surface area contributed by atoms with Crippen LogP contribution in [0.4, 0.5) is 0 Å². The predicted octanol–water partition coefficient (Wildman–Crippen LogP) is 2.96. The molecule has 1 aromatic heterocycles. The van der Waals surface area contributed by atoms with Gasteiger partial charge in [-0.15, -0.1) is 0 Å². The molecule has 0 aliphatic carbocycles. The summed E-state index contributed by atoms with van der Waals surface area (Å²) in [6, 6.07) is 14.1. The summed E-state index contributed by atoms with van der Waals surface area (Å²) in [7, 11) is 1.67. The van der Waals surface area contributed by atoms with Crippen LogP contribution in [-0.2, 0) is 11.2 Å². The summed E-state index contributed by atoms with van der Waals surface area (Å²) < 4.78 is 5.34. The summed E-state index contributed by atoms with van der Waals surface area (Å²) in [5.41, 5.74) is 4.02. The van der Waals surface area contributed by atoms with Crippen LogP contribution in [-0.4, -0.2) is 17.8 Å². The van der Waals surface area contributed by atoms with Crippen molar-refractivity contribution in [3.05, 3.63) is 77.4 Å². The number of aromatic nitrogens is 1. The van der Waals surface area contributed by atoms with Crippen LogP contribution in [0.25, 0.3) is 0 Å². The Morgan fingerprint density at radius 1 is 1.05 bits per heavy atom.